The van der Waals surface area contributed by atoms with Crippen LogP contribution in [-0.2, 0) is 35.3 Å². The number of aliphatic hydroxyl groups excluding tert-OH is 2. The van der Waals surface area contributed by atoms with Crippen LogP contribution in [0, 0.1) is 0 Å². The van der Waals surface area contributed by atoms with E-state index in [0.29, 0.717) is 19.3 Å². The van der Waals surface area contributed by atoms with Crippen LogP contribution in [0.5, 0.6) is 5.75 Å². The topological polar surface area (TPSA) is 126 Å². The third kappa shape index (κ3) is 8.41. The number of fused-ring (bicyclic) bond motifs is 1. The molecule has 3 unspecified atom stereocenters. The molecule has 0 radical (unpaired) electrons. The summed E-state index contributed by atoms with van der Waals surface area (Å²) in [6.07, 6.45) is 3.47. The highest BCUT2D eigenvalue weighted by atomic mass is 16.3. The molecule has 5 N–H and O–H groups in total. The molecule has 0 spiro atoms. The van der Waals surface area contributed by atoms with Crippen LogP contribution in [0.1, 0.15) is 28.7 Å². The standard InChI is InChI=1S/C38H41N3O5/c42-25-31(21-28-11-5-2-6-12-28)41(32(26-43)23-30-24-39-35-14-8-7-13-34(30)35)38(46)36(22-29-15-18-33(44)19-16-29)40-37(45)20-17-27-9-3-1-4-10-27/h1-16,18-19,24,31-32,36,39,42-44H,17,20-23,25-26H2,(H,40,45). The first-order valence-electron chi connectivity index (χ1n) is 15.7. The Morgan fingerprint density at radius 1 is 0.696 bits per heavy atom. The Balaban J connectivity index is 1.47. The first-order chi connectivity index (χ1) is 22.4. The van der Waals surface area contributed by atoms with Gasteiger partial charge < -0.3 is 30.5 Å². The number of aliphatic hydroxyl groups is 2. The molecule has 0 fully saturated rings. The molecular weight excluding hydrogens is 578 g/mol. The number of para-hydroxylation sites is 1. The lowest BCUT2D eigenvalue weighted by molar-refractivity contribution is -0.143. The molecule has 3 atom stereocenters. The maximum Gasteiger partial charge on any atom is 0.246 e. The highest BCUT2D eigenvalue weighted by Gasteiger charge is 2.36. The van der Waals surface area contributed by atoms with Crippen molar-refractivity contribution < 1.29 is 24.9 Å². The van der Waals surface area contributed by atoms with Gasteiger partial charge in [0.15, 0.2) is 0 Å². The molecular formula is C38H41N3O5. The Hall–Kier alpha value is -4.92. The zero-order valence-electron chi connectivity index (χ0n) is 25.8. The number of benzene rings is 4. The molecule has 8 heteroatoms. The number of aromatic nitrogens is 1. The van der Waals surface area contributed by atoms with Gasteiger partial charge in [0.2, 0.25) is 11.8 Å². The van der Waals surface area contributed by atoms with E-state index in [4.69, 9.17) is 0 Å². The van der Waals surface area contributed by atoms with Gasteiger partial charge >= 0.3 is 0 Å². The van der Waals surface area contributed by atoms with E-state index >= 15 is 0 Å². The number of carbonyl (C=O) groups is 2. The lowest BCUT2D eigenvalue weighted by Gasteiger charge is -2.39. The SMILES string of the molecule is O=C(CCc1ccccc1)NC(Cc1ccc(O)cc1)C(=O)N(C(CO)Cc1ccccc1)C(CO)Cc1c[nH]c2ccccc12. The van der Waals surface area contributed by atoms with Crippen molar-refractivity contribution in [3.8, 4) is 5.75 Å². The zero-order valence-corrected chi connectivity index (χ0v) is 25.8. The van der Waals surface area contributed by atoms with Crippen molar-refractivity contribution in [2.24, 2.45) is 0 Å². The number of hydrogen-bond acceptors (Lipinski definition) is 5. The maximum absolute atomic E-state index is 14.7. The first kappa shape index (κ1) is 32.5. The minimum absolute atomic E-state index is 0.0995. The number of phenolic OH excluding ortho intramolecular Hbond substituents is 1. The molecule has 5 aromatic rings. The van der Waals surface area contributed by atoms with Crippen molar-refractivity contribution in [1.82, 2.24) is 15.2 Å². The lowest BCUT2D eigenvalue weighted by Crippen LogP contribution is -2.59. The molecule has 0 aliphatic heterocycles. The average molecular weight is 620 g/mol. The number of aryl methyl sites for hydroxylation is 1. The molecule has 0 aliphatic carbocycles. The van der Waals surface area contributed by atoms with Crippen molar-refractivity contribution in [2.45, 2.75) is 50.2 Å². The Morgan fingerprint density at radius 3 is 1.96 bits per heavy atom. The van der Waals surface area contributed by atoms with Crippen molar-refractivity contribution in [1.29, 1.82) is 0 Å². The summed E-state index contributed by atoms with van der Waals surface area (Å²) in [7, 11) is 0. The number of nitrogens with zero attached hydrogens (tertiary/aromatic N) is 1. The van der Waals surface area contributed by atoms with Crippen LogP contribution >= 0.6 is 0 Å². The minimum Gasteiger partial charge on any atom is -0.508 e. The van der Waals surface area contributed by atoms with Crippen LogP contribution in [-0.4, -0.2) is 68.4 Å². The van der Waals surface area contributed by atoms with Crippen molar-refractivity contribution in [2.75, 3.05) is 13.2 Å². The lowest BCUT2D eigenvalue weighted by atomic mass is 9.96. The third-order valence-electron chi connectivity index (χ3n) is 8.40. The summed E-state index contributed by atoms with van der Waals surface area (Å²) in [5, 5.41) is 35.4. The van der Waals surface area contributed by atoms with E-state index in [1.165, 1.54) is 0 Å². The van der Waals surface area contributed by atoms with Gasteiger partial charge in [-0.25, -0.2) is 0 Å². The predicted octanol–water partition coefficient (Wildman–Crippen LogP) is 4.57. The Kier molecular flexibility index (Phi) is 11.2. The summed E-state index contributed by atoms with van der Waals surface area (Å²) in [6, 6.07) is 31.4. The van der Waals surface area contributed by atoms with Crippen LogP contribution in [0.3, 0.4) is 0 Å². The van der Waals surface area contributed by atoms with Gasteiger partial charge in [-0.15, -0.1) is 0 Å². The Labute approximate surface area is 269 Å². The van der Waals surface area contributed by atoms with Gasteiger partial charge in [-0.1, -0.05) is 91.0 Å². The molecule has 4 aromatic carbocycles. The number of rotatable bonds is 15. The van der Waals surface area contributed by atoms with Gasteiger partial charge in [0.25, 0.3) is 0 Å². The van der Waals surface area contributed by atoms with Gasteiger partial charge in [-0.05, 0) is 59.7 Å². The fourth-order valence-electron chi connectivity index (χ4n) is 6.02. The maximum atomic E-state index is 14.7. The van der Waals surface area contributed by atoms with E-state index < -0.39 is 24.0 Å². The second-order valence-electron chi connectivity index (χ2n) is 11.6. The number of aromatic amines is 1. The third-order valence-corrected chi connectivity index (χ3v) is 8.40. The van der Waals surface area contributed by atoms with Crippen molar-refractivity contribution >= 4 is 22.7 Å². The number of aromatic hydroxyl groups is 1. The number of amides is 2. The summed E-state index contributed by atoms with van der Waals surface area (Å²) < 4.78 is 0. The molecule has 0 bridgehead atoms. The summed E-state index contributed by atoms with van der Waals surface area (Å²) in [5.41, 5.74) is 4.59. The minimum atomic E-state index is -0.977. The Morgan fingerprint density at radius 2 is 1.28 bits per heavy atom. The van der Waals surface area contributed by atoms with Gasteiger partial charge in [0.05, 0.1) is 25.3 Å². The highest BCUT2D eigenvalue weighted by molar-refractivity contribution is 5.89. The number of phenols is 1. The molecule has 0 aliphatic rings. The number of carbonyl (C=O) groups excluding carboxylic acids is 2. The van der Waals surface area contributed by atoms with Crippen LogP contribution in [0.4, 0.5) is 0 Å². The molecule has 46 heavy (non-hydrogen) atoms. The zero-order chi connectivity index (χ0) is 32.3. The van der Waals surface area contributed by atoms with E-state index in [1.807, 2.05) is 91.1 Å². The molecule has 1 heterocycles. The number of hydrogen-bond donors (Lipinski definition) is 5. The monoisotopic (exact) mass is 619 g/mol. The molecule has 238 valence electrons. The molecule has 0 saturated heterocycles. The average Bonchev–Trinajstić information content (AvgIpc) is 3.50. The summed E-state index contributed by atoms with van der Waals surface area (Å²) in [5.74, 6) is -0.570. The van der Waals surface area contributed by atoms with E-state index in [9.17, 15) is 24.9 Å². The van der Waals surface area contributed by atoms with Crippen LogP contribution in [0.25, 0.3) is 10.9 Å². The molecule has 0 saturated carbocycles. The fourth-order valence-corrected chi connectivity index (χ4v) is 6.02. The van der Waals surface area contributed by atoms with Crippen LogP contribution < -0.4 is 5.32 Å². The largest absolute Gasteiger partial charge is 0.508 e. The molecule has 2 amide bonds. The summed E-state index contributed by atoms with van der Waals surface area (Å²) in [4.78, 5) is 32.9. The van der Waals surface area contributed by atoms with Gasteiger partial charge in [0, 0.05) is 29.9 Å². The van der Waals surface area contributed by atoms with Gasteiger partial charge in [-0.2, -0.15) is 0 Å². The van der Waals surface area contributed by atoms with E-state index in [-0.39, 0.29) is 37.7 Å². The van der Waals surface area contributed by atoms with Gasteiger partial charge in [-0.3, -0.25) is 9.59 Å². The molecule has 5 rings (SSSR count). The molecule has 8 nitrogen and oxygen atoms in total. The van der Waals surface area contributed by atoms with Gasteiger partial charge in [0.1, 0.15) is 11.8 Å². The van der Waals surface area contributed by atoms with E-state index in [0.717, 1.165) is 33.2 Å². The number of H-pyrrole nitrogens is 1. The summed E-state index contributed by atoms with van der Waals surface area (Å²) >= 11 is 0. The first-order valence-corrected chi connectivity index (χ1v) is 15.7. The van der Waals surface area contributed by atoms with Crippen LogP contribution in [0.2, 0.25) is 0 Å². The smallest absolute Gasteiger partial charge is 0.246 e. The highest BCUT2D eigenvalue weighted by Crippen LogP contribution is 2.24. The Bertz CT molecular complexity index is 1690. The predicted molar refractivity (Wildman–Crippen MR) is 179 cm³/mol. The second-order valence-corrected chi connectivity index (χ2v) is 11.6. The molecule has 1 aromatic heterocycles. The quantitative estimate of drug-likeness (QED) is 0.117. The summed E-state index contributed by atoms with van der Waals surface area (Å²) in [6.45, 7) is -0.677. The normalized spacial score (nSPS) is 13.2. The number of nitrogens with one attached hydrogen (secondary N) is 2. The van der Waals surface area contributed by atoms with Crippen molar-refractivity contribution in [3.05, 3.63) is 138 Å². The van der Waals surface area contributed by atoms with Crippen molar-refractivity contribution in [3.63, 3.8) is 0 Å². The van der Waals surface area contributed by atoms with E-state index in [1.54, 1.807) is 29.2 Å². The second kappa shape index (κ2) is 15.9. The van der Waals surface area contributed by atoms with E-state index in [2.05, 4.69) is 10.3 Å². The van der Waals surface area contributed by atoms with Crippen LogP contribution in [0.15, 0.2) is 115 Å². The fraction of sp³-hybridized carbons (Fsp3) is 0.263.